The quantitative estimate of drug-likeness (QED) is 0.795. The van der Waals surface area contributed by atoms with E-state index in [-0.39, 0.29) is 17.7 Å². The molecule has 3 aliphatic rings. The van der Waals surface area contributed by atoms with Gasteiger partial charge in [-0.15, -0.1) is 0 Å². The van der Waals surface area contributed by atoms with Crippen LogP contribution >= 0.6 is 0 Å². The van der Waals surface area contributed by atoms with E-state index in [9.17, 15) is 4.79 Å². The summed E-state index contributed by atoms with van der Waals surface area (Å²) in [6.45, 7) is 6.56. The van der Waals surface area contributed by atoms with Gasteiger partial charge in [0.1, 0.15) is 11.5 Å². The number of piperidine rings is 1. The van der Waals surface area contributed by atoms with Gasteiger partial charge in [-0.3, -0.25) is 4.79 Å². The Bertz CT molecular complexity index is 889. The topological polar surface area (TPSA) is 64.8 Å². The molecule has 3 fully saturated rings. The Kier molecular flexibility index (Phi) is 4.51. The maximum Gasteiger partial charge on any atom is 0.233 e. The van der Waals surface area contributed by atoms with Gasteiger partial charge in [0.2, 0.25) is 5.91 Å². The number of rotatable bonds is 3. The van der Waals surface area contributed by atoms with E-state index in [0.29, 0.717) is 26.3 Å². The number of hydrogen-bond acceptors (Lipinski definition) is 5. The second-order valence-electron chi connectivity index (χ2n) is 8.69. The molecule has 5 rings (SSSR count). The van der Waals surface area contributed by atoms with Gasteiger partial charge in [0.25, 0.3) is 0 Å². The molecule has 1 unspecified atom stereocenters. The van der Waals surface area contributed by atoms with Gasteiger partial charge in [-0.05, 0) is 31.2 Å². The highest BCUT2D eigenvalue weighted by Gasteiger charge is 2.62. The number of fused-ring (bicyclic) bond motifs is 1. The highest BCUT2D eigenvalue weighted by atomic mass is 16.7. The molecule has 1 saturated carbocycles. The molecule has 6 nitrogen and oxygen atoms in total. The molecule has 3 atom stereocenters. The van der Waals surface area contributed by atoms with Crippen LogP contribution in [0.1, 0.15) is 43.2 Å². The molecule has 0 N–H and O–H groups in total. The second-order valence-corrected chi connectivity index (χ2v) is 8.69. The van der Waals surface area contributed by atoms with Crippen molar-refractivity contribution in [3.05, 3.63) is 53.4 Å². The van der Waals surface area contributed by atoms with Gasteiger partial charge in [-0.2, -0.15) is 0 Å². The van der Waals surface area contributed by atoms with Crippen LogP contribution < -0.4 is 0 Å². The van der Waals surface area contributed by atoms with Crippen molar-refractivity contribution in [3.63, 3.8) is 0 Å². The van der Waals surface area contributed by atoms with Crippen molar-refractivity contribution >= 4 is 5.91 Å². The van der Waals surface area contributed by atoms with E-state index in [1.165, 1.54) is 0 Å². The zero-order valence-corrected chi connectivity index (χ0v) is 17.1. The van der Waals surface area contributed by atoms with Crippen LogP contribution in [0.3, 0.4) is 0 Å². The molecule has 1 amide bonds. The first-order valence-corrected chi connectivity index (χ1v) is 10.6. The third-order valence-electron chi connectivity index (χ3n) is 7.27. The summed E-state index contributed by atoms with van der Waals surface area (Å²) in [7, 11) is 0. The predicted octanol–water partition coefficient (Wildman–Crippen LogP) is 3.44. The summed E-state index contributed by atoms with van der Waals surface area (Å²) in [6, 6.07) is 12.2. The number of benzene rings is 1. The lowest BCUT2D eigenvalue weighted by Crippen LogP contribution is -2.64. The molecule has 0 bridgehead atoms. The molecular formula is C23H28N2O4. The molecule has 29 heavy (non-hydrogen) atoms. The Balaban J connectivity index is 1.53. The average Bonchev–Trinajstić information content (AvgIpc) is 3.38. The van der Waals surface area contributed by atoms with Crippen LogP contribution in [0.4, 0.5) is 0 Å². The standard InChI is InChI=1S/C23H28N2O4/c1-16-14-19(24-29-16)15-25-11-8-20-17(2)23(27-12-13-28-23)10-9-22(20,21(25)26)18-6-4-3-5-7-18/h3-7,14,17,20H,8-13,15H2,1-2H3/t17-,20-,22?/m0/s1. The first kappa shape index (κ1) is 18.8. The predicted molar refractivity (Wildman–Crippen MR) is 106 cm³/mol. The molecule has 2 saturated heterocycles. The number of aromatic nitrogens is 1. The lowest BCUT2D eigenvalue weighted by atomic mass is 9.54. The monoisotopic (exact) mass is 396 g/mol. The third-order valence-corrected chi connectivity index (χ3v) is 7.27. The van der Waals surface area contributed by atoms with Crippen molar-refractivity contribution in [2.24, 2.45) is 11.8 Å². The molecule has 1 aromatic carbocycles. The summed E-state index contributed by atoms with van der Waals surface area (Å²) in [4.78, 5) is 16.0. The first-order chi connectivity index (χ1) is 14.1. The van der Waals surface area contributed by atoms with E-state index in [2.05, 4.69) is 24.2 Å². The van der Waals surface area contributed by atoms with E-state index in [1.807, 2.05) is 36.1 Å². The minimum Gasteiger partial charge on any atom is -0.361 e. The van der Waals surface area contributed by atoms with Crippen molar-refractivity contribution in [2.75, 3.05) is 19.8 Å². The molecular weight excluding hydrogens is 368 g/mol. The van der Waals surface area contributed by atoms with Crippen molar-refractivity contribution < 1.29 is 18.8 Å². The number of carbonyl (C=O) groups excluding carboxylic acids is 1. The minimum absolute atomic E-state index is 0.152. The van der Waals surface area contributed by atoms with Crippen LogP contribution in [0.25, 0.3) is 0 Å². The van der Waals surface area contributed by atoms with Crippen molar-refractivity contribution in [2.45, 2.75) is 50.9 Å². The fourth-order valence-electron chi connectivity index (χ4n) is 5.89. The number of likely N-dealkylation sites (tertiary alicyclic amines) is 1. The van der Waals surface area contributed by atoms with Crippen LogP contribution in [0.2, 0.25) is 0 Å². The molecule has 1 spiro atoms. The number of ether oxygens (including phenoxy) is 2. The second kappa shape index (κ2) is 6.96. The highest BCUT2D eigenvalue weighted by Crippen LogP contribution is 2.56. The normalized spacial score (nSPS) is 31.2. The van der Waals surface area contributed by atoms with Crippen LogP contribution in [-0.4, -0.2) is 41.5 Å². The summed E-state index contributed by atoms with van der Waals surface area (Å²) in [6.07, 6.45) is 2.40. The SMILES string of the molecule is Cc1cc(CN2CC[C@H]3[C@H](C)C4(CCC3(c3ccccc3)C2=O)OCCO4)no1. The van der Waals surface area contributed by atoms with Crippen LogP contribution in [0, 0.1) is 18.8 Å². The number of carbonyl (C=O) groups is 1. The molecule has 2 aliphatic heterocycles. The largest absolute Gasteiger partial charge is 0.361 e. The zero-order valence-electron chi connectivity index (χ0n) is 17.1. The molecule has 1 aliphatic carbocycles. The molecule has 1 aromatic heterocycles. The Morgan fingerprint density at radius 1 is 1.17 bits per heavy atom. The van der Waals surface area contributed by atoms with E-state index in [4.69, 9.17) is 14.0 Å². The fraction of sp³-hybridized carbons (Fsp3) is 0.565. The van der Waals surface area contributed by atoms with Gasteiger partial charge in [-0.25, -0.2) is 0 Å². The van der Waals surface area contributed by atoms with E-state index in [0.717, 1.165) is 36.3 Å². The number of amides is 1. The minimum atomic E-state index is -0.543. The van der Waals surface area contributed by atoms with Gasteiger partial charge in [-0.1, -0.05) is 42.4 Å². The maximum atomic E-state index is 14.0. The van der Waals surface area contributed by atoms with Crippen molar-refractivity contribution in [3.8, 4) is 0 Å². The first-order valence-electron chi connectivity index (χ1n) is 10.6. The molecule has 0 radical (unpaired) electrons. The van der Waals surface area contributed by atoms with Crippen molar-refractivity contribution in [1.29, 1.82) is 0 Å². The Morgan fingerprint density at radius 3 is 2.62 bits per heavy atom. The van der Waals surface area contributed by atoms with Crippen LogP contribution in [0.15, 0.2) is 40.9 Å². The maximum absolute atomic E-state index is 14.0. The Morgan fingerprint density at radius 2 is 1.93 bits per heavy atom. The summed E-state index contributed by atoms with van der Waals surface area (Å²) >= 11 is 0. The van der Waals surface area contributed by atoms with E-state index in [1.54, 1.807) is 0 Å². The zero-order chi connectivity index (χ0) is 20.1. The summed E-state index contributed by atoms with van der Waals surface area (Å²) in [5.74, 6) is 0.761. The lowest BCUT2D eigenvalue weighted by Gasteiger charge is -2.56. The number of aryl methyl sites for hydroxylation is 1. The number of nitrogens with zero attached hydrogens (tertiary/aromatic N) is 2. The van der Waals surface area contributed by atoms with Gasteiger partial charge >= 0.3 is 0 Å². The van der Waals surface area contributed by atoms with Gasteiger partial charge < -0.3 is 18.9 Å². The molecule has 154 valence electrons. The lowest BCUT2D eigenvalue weighted by molar-refractivity contribution is -0.238. The Hall–Kier alpha value is -2.18. The number of hydrogen-bond donors (Lipinski definition) is 0. The average molecular weight is 396 g/mol. The van der Waals surface area contributed by atoms with E-state index >= 15 is 0 Å². The Labute approximate surface area is 171 Å². The summed E-state index contributed by atoms with van der Waals surface area (Å²) < 4.78 is 17.4. The fourth-order valence-corrected chi connectivity index (χ4v) is 5.89. The van der Waals surface area contributed by atoms with Crippen LogP contribution in [-0.2, 0) is 26.2 Å². The van der Waals surface area contributed by atoms with E-state index < -0.39 is 11.2 Å². The summed E-state index contributed by atoms with van der Waals surface area (Å²) in [5.41, 5.74) is 1.37. The smallest absolute Gasteiger partial charge is 0.233 e. The third kappa shape index (κ3) is 2.84. The summed E-state index contributed by atoms with van der Waals surface area (Å²) in [5, 5.41) is 4.11. The molecule has 2 aromatic rings. The van der Waals surface area contributed by atoms with Crippen LogP contribution in [0.5, 0.6) is 0 Å². The molecule has 3 heterocycles. The molecule has 6 heteroatoms. The van der Waals surface area contributed by atoms with Crippen molar-refractivity contribution in [1.82, 2.24) is 10.1 Å². The van der Waals surface area contributed by atoms with Gasteiger partial charge in [0.05, 0.1) is 25.2 Å². The van der Waals surface area contributed by atoms with Gasteiger partial charge in [0.15, 0.2) is 5.79 Å². The van der Waals surface area contributed by atoms with Gasteiger partial charge in [0, 0.05) is 24.9 Å². The highest BCUT2D eigenvalue weighted by molar-refractivity contribution is 5.89.